The van der Waals surface area contributed by atoms with E-state index in [0.717, 1.165) is 60.2 Å². The summed E-state index contributed by atoms with van der Waals surface area (Å²) in [6.07, 6.45) is 4.63. The molecule has 3 aromatic rings. The topological polar surface area (TPSA) is 88.7 Å². The Kier molecular flexibility index (Phi) is 6.14. The highest BCUT2D eigenvalue weighted by Gasteiger charge is 2.33. The Morgan fingerprint density at radius 2 is 1.78 bits per heavy atom. The number of carbonyl (C=O) groups is 2. The fraction of sp³-hybridized carbons (Fsp3) is 0.556. The summed E-state index contributed by atoms with van der Waals surface area (Å²) < 4.78 is 9.49. The molecule has 2 aromatic heterocycles. The fourth-order valence-corrected chi connectivity index (χ4v) is 6.17. The number of amides is 2. The normalized spacial score (nSPS) is 22.1. The number of morpholine rings is 1. The third-order valence-corrected chi connectivity index (χ3v) is 7.94. The lowest BCUT2D eigenvalue weighted by atomic mass is 10.1. The number of fused-ring (bicyclic) bond motifs is 2. The highest BCUT2D eigenvalue weighted by atomic mass is 16.5. The van der Waals surface area contributed by atoms with E-state index in [1.807, 2.05) is 41.6 Å². The number of carbonyl (C=O) groups excluding carboxylic acids is 2. The summed E-state index contributed by atoms with van der Waals surface area (Å²) in [6.45, 7) is 8.18. The number of piperazine rings is 1. The number of hydrogen-bond donors (Lipinski definition) is 0. The van der Waals surface area contributed by atoms with Crippen LogP contribution in [-0.4, -0.2) is 92.7 Å². The van der Waals surface area contributed by atoms with Crippen molar-refractivity contribution < 1.29 is 14.3 Å². The molecule has 0 bridgehead atoms. The molecule has 196 valence electrons. The first-order chi connectivity index (χ1) is 17.9. The molecular formula is C27H35N7O3. The van der Waals surface area contributed by atoms with Crippen molar-refractivity contribution in [3.8, 4) is 0 Å². The van der Waals surface area contributed by atoms with Gasteiger partial charge in [0.2, 0.25) is 5.91 Å². The van der Waals surface area contributed by atoms with Gasteiger partial charge in [-0.25, -0.2) is 0 Å². The van der Waals surface area contributed by atoms with Crippen LogP contribution in [0.4, 0.5) is 5.69 Å². The number of nitrogens with zero attached hydrogens (tertiary/aromatic N) is 7. The second-order valence-corrected chi connectivity index (χ2v) is 10.6. The van der Waals surface area contributed by atoms with Gasteiger partial charge in [-0.3, -0.25) is 19.0 Å². The highest BCUT2D eigenvalue weighted by Crippen LogP contribution is 2.29. The van der Waals surface area contributed by atoms with Crippen LogP contribution in [0, 0.1) is 0 Å². The van der Waals surface area contributed by atoms with Crippen molar-refractivity contribution in [3.05, 3.63) is 41.3 Å². The number of aromatic nitrogens is 4. The van der Waals surface area contributed by atoms with Gasteiger partial charge in [-0.2, -0.15) is 10.2 Å². The molecule has 1 aromatic carbocycles. The van der Waals surface area contributed by atoms with Gasteiger partial charge in [0.1, 0.15) is 6.54 Å². The van der Waals surface area contributed by atoms with E-state index in [0.29, 0.717) is 31.9 Å². The molecule has 2 aliphatic heterocycles. The summed E-state index contributed by atoms with van der Waals surface area (Å²) in [4.78, 5) is 32.8. The molecule has 1 aliphatic carbocycles. The molecule has 2 amide bonds. The zero-order valence-corrected chi connectivity index (χ0v) is 21.9. The maximum atomic E-state index is 13.4. The minimum absolute atomic E-state index is 0.00761. The van der Waals surface area contributed by atoms with Crippen LogP contribution < -0.4 is 4.90 Å². The zero-order chi connectivity index (χ0) is 25.7. The number of anilines is 1. The summed E-state index contributed by atoms with van der Waals surface area (Å²) in [5.41, 5.74) is 4.87. The van der Waals surface area contributed by atoms with E-state index in [-0.39, 0.29) is 30.6 Å². The van der Waals surface area contributed by atoms with Gasteiger partial charge in [0.25, 0.3) is 5.91 Å². The van der Waals surface area contributed by atoms with E-state index in [1.54, 1.807) is 4.68 Å². The van der Waals surface area contributed by atoms with Gasteiger partial charge < -0.3 is 19.4 Å². The van der Waals surface area contributed by atoms with Crippen LogP contribution in [0.5, 0.6) is 0 Å². The Labute approximate surface area is 216 Å². The van der Waals surface area contributed by atoms with Gasteiger partial charge in [-0.15, -0.1) is 0 Å². The first kappa shape index (κ1) is 24.0. The Morgan fingerprint density at radius 3 is 2.54 bits per heavy atom. The van der Waals surface area contributed by atoms with Crippen LogP contribution >= 0.6 is 0 Å². The SMILES string of the molecule is C[C@@H]1CN(C(=O)c2nn(CC(=O)N3CCN(c4cccc5c4cnn5C)CC3)c3c2CCC3)C[C@H](C)O1. The maximum absolute atomic E-state index is 13.4. The molecule has 10 nitrogen and oxygen atoms in total. The molecule has 3 aliphatic rings. The predicted molar refractivity (Wildman–Crippen MR) is 140 cm³/mol. The van der Waals surface area contributed by atoms with Crippen LogP contribution in [0.15, 0.2) is 24.4 Å². The zero-order valence-electron chi connectivity index (χ0n) is 21.9. The molecule has 2 fully saturated rings. The average Bonchev–Trinajstić information content (AvgIpc) is 3.60. The van der Waals surface area contributed by atoms with Crippen molar-refractivity contribution in [2.24, 2.45) is 7.05 Å². The summed E-state index contributed by atoms with van der Waals surface area (Å²) in [5, 5.41) is 10.2. The third-order valence-electron chi connectivity index (χ3n) is 7.94. The van der Waals surface area contributed by atoms with Crippen molar-refractivity contribution >= 4 is 28.4 Å². The Balaban J connectivity index is 1.14. The summed E-state index contributed by atoms with van der Waals surface area (Å²) in [7, 11) is 1.95. The Morgan fingerprint density at radius 1 is 1.03 bits per heavy atom. The first-order valence-electron chi connectivity index (χ1n) is 13.4. The van der Waals surface area contributed by atoms with Gasteiger partial charge in [0.15, 0.2) is 5.69 Å². The smallest absolute Gasteiger partial charge is 0.274 e. The molecule has 0 radical (unpaired) electrons. The molecule has 4 heterocycles. The summed E-state index contributed by atoms with van der Waals surface area (Å²) >= 11 is 0. The van der Waals surface area contributed by atoms with Gasteiger partial charge in [-0.05, 0) is 45.2 Å². The number of rotatable bonds is 4. The third kappa shape index (κ3) is 4.37. The van der Waals surface area contributed by atoms with Crippen molar-refractivity contribution in [1.29, 1.82) is 0 Å². The monoisotopic (exact) mass is 505 g/mol. The summed E-state index contributed by atoms with van der Waals surface area (Å²) in [6, 6.07) is 6.27. The predicted octanol–water partition coefficient (Wildman–Crippen LogP) is 1.86. The van der Waals surface area contributed by atoms with Crippen molar-refractivity contribution in [1.82, 2.24) is 29.4 Å². The van der Waals surface area contributed by atoms with E-state index >= 15 is 0 Å². The van der Waals surface area contributed by atoms with E-state index in [2.05, 4.69) is 28.2 Å². The lowest BCUT2D eigenvalue weighted by Crippen LogP contribution is -2.49. The Bertz CT molecular complexity index is 1330. The highest BCUT2D eigenvalue weighted by molar-refractivity contribution is 5.94. The largest absolute Gasteiger partial charge is 0.372 e. The molecule has 2 saturated heterocycles. The van der Waals surface area contributed by atoms with Crippen LogP contribution in [0.3, 0.4) is 0 Å². The minimum Gasteiger partial charge on any atom is -0.372 e. The van der Waals surface area contributed by atoms with Crippen LogP contribution in [0.25, 0.3) is 10.9 Å². The number of benzene rings is 1. The quantitative estimate of drug-likeness (QED) is 0.538. The molecule has 37 heavy (non-hydrogen) atoms. The van der Waals surface area contributed by atoms with Crippen LogP contribution in [0.2, 0.25) is 0 Å². The first-order valence-corrected chi connectivity index (χ1v) is 13.4. The molecule has 0 unspecified atom stereocenters. The second-order valence-electron chi connectivity index (χ2n) is 10.6. The number of hydrogen-bond acceptors (Lipinski definition) is 6. The lowest BCUT2D eigenvalue weighted by Gasteiger charge is -2.36. The van der Waals surface area contributed by atoms with Crippen LogP contribution in [0.1, 0.15) is 42.0 Å². The van der Waals surface area contributed by atoms with Gasteiger partial charge in [0.05, 0.1) is 23.9 Å². The molecule has 2 atom stereocenters. The van der Waals surface area contributed by atoms with E-state index in [1.165, 1.54) is 0 Å². The molecule has 10 heteroatoms. The van der Waals surface area contributed by atoms with Crippen LogP contribution in [-0.2, 0) is 36.0 Å². The lowest BCUT2D eigenvalue weighted by molar-refractivity contribution is -0.132. The second kappa shape index (κ2) is 9.48. The number of aryl methyl sites for hydroxylation is 1. The van der Waals surface area contributed by atoms with Gasteiger partial charge in [0, 0.05) is 68.6 Å². The fourth-order valence-electron chi connectivity index (χ4n) is 6.17. The van der Waals surface area contributed by atoms with E-state index in [4.69, 9.17) is 9.84 Å². The van der Waals surface area contributed by atoms with E-state index < -0.39 is 0 Å². The van der Waals surface area contributed by atoms with Crippen molar-refractivity contribution in [3.63, 3.8) is 0 Å². The minimum atomic E-state index is -0.0375. The summed E-state index contributed by atoms with van der Waals surface area (Å²) in [5.74, 6) is 0.0218. The molecule has 6 rings (SSSR count). The molecule has 0 saturated carbocycles. The molecule has 0 N–H and O–H groups in total. The molecule has 0 spiro atoms. The number of ether oxygens (including phenoxy) is 1. The van der Waals surface area contributed by atoms with Gasteiger partial charge in [-0.1, -0.05) is 6.07 Å². The maximum Gasteiger partial charge on any atom is 0.274 e. The van der Waals surface area contributed by atoms with Gasteiger partial charge >= 0.3 is 0 Å². The molecular weight excluding hydrogens is 470 g/mol. The van der Waals surface area contributed by atoms with E-state index in [9.17, 15) is 9.59 Å². The average molecular weight is 506 g/mol. The van der Waals surface area contributed by atoms with Crippen molar-refractivity contribution in [2.75, 3.05) is 44.2 Å². The standard InChI is InChI=1S/C27H35N7O3/c1-18-15-33(16-19(2)37-18)27(36)26-20-6-4-9-24(20)34(29-26)17-25(35)32-12-10-31(11-13-32)23-8-5-7-22-21(23)14-28-30(22)3/h5,7-8,14,18-19H,4,6,9-13,15-17H2,1-3H3/t18-,19+. The van der Waals surface area contributed by atoms with Crippen molar-refractivity contribution in [2.45, 2.75) is 51.9 Å². The Hall–Kier alpha value is -3.40.